The van der Waals surface area contributed by atoms with E-state index >= 15 is 4.79 Å². The highest BCUT2D eigenvalue weighted by Gasteiger charge is 2.75. The van der Waals surface area contributed by atoms with Crippen LogP contribution in [0.5, 0.6) is 5.75 Å². The van der Waals surface area contributed by atoms with Gasteiger partial charge in [-0.25, -0.2) is 4.79 Å². The lowest BCUT2D eigenvalue weighted by molar-refractivity contribution is -0.274. The smallest absolute Gasteiger partial charge is 0.453 e. The summed E-state index contributed by atoms with van der Waals surface area (Å²) in [7, 11) is 0. The summed E-state index contributed by atoms with van der Waals surface area (Å²) in [5.74, 6) is -0.707. The van der Waals surface area contributed by atoms with E-state index in [0.29, 0.717) is 62.0 Å². The number of rotatable bonds is 10. The zero-order valence-corrected chi connectivity index (χ0v) is 39.7. The maximum atomic E-state index is 15.3. The Hall–Kier alpha value is -4.27. The van der Waals surface area contributed by atoms with E-state index in [1.54, 1.807) is 0 Å². The van der Waals surface area contributed by atoms with Gasteiger partial charge >= 0.3 is 18.6 Å². The van der Waals surface area contributed by atoms with E-state index in [4.69, 9.17) is 20.8 Å². The van der Waals surface area contributed by atoms with Crippen molar-refractivity contribution in [1.29, 1.82) is 0 Å². The number of aliphatic hydroxyl groups excluding tert-OH is 1. The molecule has 2 bridgehead atoms. The first-order valence-corrected chi connectivity index (χ1v) is 24.4. The fourth-order valence-electron chi connectivity index (χ4n) is 14.2. The van der Waals surface area contributed by atoms with Crippen molar-refractivity contribution in [3.8, 4) is 17.1 Å². The Kier molecular flexibility index (Phi) is 12.2. The zero-order chi connectivity index (χ0) is 49.0. The Balaban J connectivity index is 1.08. The van der Waals surface area contributed by atoms with Crippen LogP contribution in [0.4, 0.5) is 31.1 Å². The predicted molar refractivity (Wildman–Crippen MR) is 242 cm³/mol. The monoisotopic (exact) mass is 971 g/mol. The molecule has 68 heavy (non-hydrogen) atoms. The fourth-order valence-corrected chi connectivity index (χ4v) is 14.4. The molecule has 2 N–H and O–H groups in total. The summed E-state index contributed by atoms with van der Waals surface area (Å²) in [6.07, 6.45) is 1.26. The van der Waals surface area contributed by atoms with Crippen LogP contribution in [-0.2, 0) is 17.5 Å². The largest absolute Gasteiger partial charge is 0.573 e. The van der Waals surface area contributed by atoms with Gasteiger partial charge in [0, 0.05) is 33.9 Å². The van der Waals surface area contributed by atoms with Gasteiger partial charge in [-0.15, -0.1) is 13.2 Å². The Labute approximate surface area is 398 Å². The van der Waals surface area contributed by atoms with Crippen molar-refractivity contribution in [2.24, 2.45) is 51.2 Å². The van der Waals surface area contributed by atoms with Crippen LogP contribution in [-0.4, -0.2) is 57.7 Å². The number of Topliss-reactive ketones (excluding diaryl/α,β-unsaturated/α-hetero) is 1. The maximum Gasteiger partial charge on any atom is 0.573 e. The summed E-state index contributed by atoms with van der Waals surface area (Å²) >= 11 is 6.41. The number of hydrogen-bond acceptors (Lipinski definition) is 7. The topological polar surface area (TPSA) is 109 Å². The van der Waals surface area contributed by atoms with Crippen LogP contribution in [0.1, 0.15) is 121 Å². The lowest BCUT2D eigenvalue weighted by Crippen LogP contribution is -2.67. The molecule has 3 aromatic rings. The highest BCUT2D eigenvalue weighted by Crippen LogP contribution is 2.78. The van der Waals surface area contributed by atoms with Crippen LogP contribution in [0.3, 0.4) is 0 Å². The Bertz CT molecular complexity index is 2500. The first kappa shape index (κ1) is 48.7. The van der Waals surface area contributed by atoms with E-state index in [0.717, 1.165) is 31.0 Å². The molecule has 4 saturated carbocycles. The lowest BCUT2D eigenvalue weighted by Gasteiger charge is -2.71. The Morgan fingerprint density at radius 1 is 0.897 bits per heavy atom. The molecule has 1 amide bonds. The number of nitrogens with zero attached hydrogens (tertiary/aromatic N) is 1. The highest BCUT2D eigenvalue weighted by atomic mass is 35.5. The van der Waals surface area contributed by atoms with Crippen molar-refractivity contribution in [2.75, 3.05) is 6.54 Å². The number of carbonyl (C=O) groups is 2. The number of halogens is 7. The van der Waals surface area contributed by atoms with Crippen LogP contribution in [0, 0.1) is 51.2 Å². The molecule has 15 heteroatoms. The Morgan fingerprint density at radius 2 is 1.59 bits per heavy atom. The number of aliphatic hydroxyl groups is 2. The highest BCUT2D eigenvalue weighted by molar-refractivity contribution is 6.33. The number of alkyl halides is 6. The van der Waals surface area contributed by atoms with Crippen LogP contribution in [0.2, 0.25) is 5.02 Å². The van der Waals surface area contributed by atoms with Crippen molar-refractivity contribution in [3.05, 3.63) is 100 Å². The molecular weight excluding hydrogens is 912 g/mol. The van der Waals surface area contributed by atoms with Gasteiger partial charge < -0.3 is 29.0 Å². The van der Waals surface area contributed by atoms with Crippen LogP contribution in [0.15, 0.2) is 82.8 Å². The van der Waals surface area contributed by atoms with E-state index in [1.807, 2.05) is 13.0 Å². The van der Waals surface area contributed by atoms with Crippen LogP contribution in [0.25, 0.3) is 11.3 Å². The molecule has 10 rings (SSSR count). The number of carbonyl (C=O) groups excluding carboxylic acids is 2. The summed E-state index contributed by atoms with van der Waals surface area (Å²) in [6, 6.07) is 11.1. The standard InChI is InChI=1S/C53H60ClF6NO7/c1-30(2)36-12-6-31(3)24-42(36)67-46(64)61(28-32-7-10-35(11-8-32)68-53(58,59)60)29-50(65)21-18-44-48(50,5)20-17-43-47(4)19-16-34(62)26-49(47)22-23-51(43,44)38(27-49)45(63)41-15-14-40(66-41)37-25-33(52(55,56)57)9-13-39(37)54/h7-11,13-15,22-23,25,27,30-31,34,36,42-44,62,65H,6,12,16-21,24,26,28-29H2,1-5H3. The molecule has 0 radical (unpaired) electrons. The molecule has 1 heterocycles. The zero-order valence-electron chi connectivity index (χ0n) is 39.0. The van der Waals surface area contributed by atoms with E-state index in [1.165, 1.54) is 41.3 Å². The van der Waals surface area contributed by atoms with Crippen molar-refractivity contribution in [3.63, 3.8) is 0 Å². The first-order chi connectivity index (χ1) is 31.8. The molecule has 7 aliphatic rings. The molecule has 11 atom stereocenters. The molecule has 0 aliphatic heterocycles. The molecule has 8 nitrogen and oxygen atoms in total. The van der Waals surface area contributed by atoms with Gasteiger partial charge in [-0.2, -0.15) is 13.2 Å². The number of amides is 1. The minimum absolute atomic E-state index is 0.00711. The van der Waals surface area contributed by atoms with Crippen molar-refractivity contribution in [1.82, 2.24) is 4.90 Å². The van der Waals surface area contributed by atoms with E-state index in [2.05, 4.69) is 44.6 Å². The third-order valence-electron chi connectivity index (χ3n) is 17.8. The van der Waals surface area contributed by atoms with Gasteiger partial charge in [-0.1, -0.05) is 83.0 Å². The van der Waals surface area contributed by atoms with E-state index in [-0.39, 0.29) is 76.8 Å². The van der Waals surface area contributed by atoms with E-state index in [9.17, 15) is 41.4 Å². The molecule has 4 fully saturated rings. The van der Waals surface area contributed by atoms with Gasteiger partial charge in [0.25, 0.3) is 0 Å². The SMILES string of the molecule is CC1CCC(C(C)C)C(OC(=O)N(Cc2ccc(OC(F)(F)F)cc2)CC2(O)CCC3C45C=CC6(C=C4C(=O)c4ccc(-c7cc(C(F)(F)F)ccc7Cl)o4)CC(O)CCC6(C)C5CCC32C)C1. The van der Waals surface area contributed by atoms with Crippen molar-refractivity contribution in [2.45, 2.75) is 136 Å². The minimum Gasteiger partial charge on any atom is -0.453 e. The number of allylic oxidation sites excluding steroid dienone is 4. The van der Waals surface area contributed by atoms with Crippen LogP contribution < -0.4 is 4.74 Å². The fraction of sp³-hybridized carbons (Fsp3) is 0.585. The number of hydrogen-bond donors (Lipinski definition) is 2. The Morgan fingerprint density at radius 3 is 2.28 bits per heavy atom. The summed E-state index contributed by atoms with van der Waals surface area (Å²) in [5.41, 5.74) is -4.42. The first-order valence-electron chi connectivity index (χ1n) is 24.0. The molecular formula is C53H60ClF6NO7. The number of ether oxygens (including phenoxy) is 2. The second-order valence-electron chi connectivity index (χ2n) is 21.8. The normalized spacial score (nSPS) is 35.3. The number of furan rings is 1. The van der Waals surface area contributed by atoms with Gasteiger partial charge in [0.1, 0.15) is 17.6 Å². The molecule has 368 valence electrons. The summed E-state index contributed by atoms with van der Waals surface area (Å²) in [5, 5.41) is 24.5. The maximum absolute atomic E-state index is 15.3. The van der Waals surface area contributed by atoms with E-state index < -0.39 is 63.7 Å². The average molecular weight is 973 g/mol. The summed E-state index contributed by atoms with van der Waals surface area (Å²) in [6.45, 7) is 10.4. The lowest BCUT2D eigenvalue weighted by atomic mass is 9.32. The summed E-state index contributed by atoms with van der Waals surface area (Å²) in [4.78, 5) is 31.4. The predicted octanol–water partition coefficient (Wildman–Crippen LogP) is 13.4. The van der Waals surface area contributed by atoms with Gasteiger partial charge in [0.05, 0.1) is 28.8 Å². The number of benzene rings is 2. The molecule has 1 aromatic heterocycles. The quantitative estimate of drug-likeness (QED) is 0.118. The number of ketones is 1. The second-order valence-corrected chi connectivity index (χ2v) is 22.2. The van der Waals surface area contributed by atoms with Gasteiger partial charge in [0.2, 0.25) is 5.78 Å². The van der Waals surface area contributed by atoms with Gasteiger partial charge in [-0.05, 0) is 141 Å². The molecule has 11 unspecified atom stereocenters. The number of fused-ring (bicyclic) bond motifs is 1. The third-order valence-corrected chi connectivity index (χ3v) is 18.1. The summed E-state index contributed by atoms with van der Waals surface area (Å²) < 4.78 is 97.3. The van der Waals surface area contributed by atoms with Gasteiger partial charge in [-0.3, -0.25) is 4.79 Å². The molecule has 7 aliphatic carbocycles. The molecule has 2 spiro atoms. The van der Waals surface area contributed by atoms with Crippen molar-refractivity contribution < 1.29 is 60.0 Å². The second kappa shape index (κ2) is 17.0. The minimum atomic E-state index is -4.89. The van der Waals surface area contributed by atoms with Crippen LogP contribution >= 0.6 is 11.6 Å². The third kappa shape index (κ3) is 8.09. The molecule has 0 saturated heterocycles. The average Bonchev–Trinajstić information content (AvgIpc) is 3.85. The molecule has 2 aromatic carbocycles. The van der Waals surface area contributed by atoms with Crippen molar-refractivity contribution >= 4 is 23.5 Å². The van der Waals surface area contributed by atoms with Gasteiger partial charge in [0.15, 0.2) is 5.76 Å².